The van der Waals surface area contributed by atoms with Crippen molar-refractivity contribution >= 4 is 38.5 Å². The zero-order valence-electron chi connectivity index (χ0n) is 19.6. The maximum Gasteiger partial charge on any atom is 0.407 e. The summed E-state index contributed by atoms with van der Waals surface area (Å²) in [6, 6.07) is 14.3. The predicted octanol–water partition coefficient (Wildman–Crippen LogP) is 3.65. The molecular formula is C26H28N4O5S. The number of hydrogen-bond donors (Lipinski definition) is 3. The lowest BCUT2D eigenvalue weighted by Gasteiger charge is -2.30. The Morgan fingerprint density at radius 2 is 1.89 bits per heavy atom. The summed E-state index contributed by atoms with van der Waals surface area (Å²) < 4.78 is 28.1. The number of carboxylic acid groups (broad SMARTS) is 1. The number of carbonyl (C=O) groups excluding carboxylic acids is 1. The fraction of sp³-hybridized carbons (Fsp3) is 0.346. The number of hydrogen-bond acceptors (Lipinski definition) is 5. The standard InChI is InChI=1S/C26H28N4O5S/c31-25(29-21-6-3-20-15-27-10-9-19(20)12-21)24-13-23(24)18-4-7-22(8-5-18)36(34,35)28-14-17-2-1-11-30(16-17)26(32)33/h3-10,12,15,17,23-24,28H,1-2,11,13-14,16H2,(H,29,31)(H,32,33)/t17-,23?,24?/m1/s1. The van der Waals surface area contributed by atoms with Crippen molar-refractivity contribution in [2.45, 2.75) is 30.1 Å². The minimum absolute atomic E-state index is 0.0466. The molecule has 36 heavy (non-hydrogen) atoms. The number of rotatable bonds is 7. The summed E-state index contributed by atoms with van der Waals surface area (Å²) in [7, 11) is -3.71. The van der Waals surface area contributed by atoms with Crippen LogP contribution in [0.1, 0.15) is 30.7 Å². The van der Waals surface area contributed by atoms with Gasteiger partial charge in [0, 0.05) is 49.0 Å². The van der Waals surface area contributed by atoms with E-state index in [-0.39, 0.29) is 35.1 Å². The highest BCUT2D eigenvalue weighted by Gasteiger charge is 2.44. The minimum atomic E-state index is -3.71. The second kappa shape index (κ2) is 9.87. The van der Waals surface area contributed by atoms with Gasteiger partial charge in [0.2, 0.25) is 15.9 Å². The van der Waals surface area contributed by atoms with Crippen molar-refractivity contribution in [2.75, 3.05) is 25.0 Å². The van der Waals surface area contributed by atoms with Crippen molar-refractivity contribution in [1.29, 1.82) is 0 Å². The molecule has 2 fully saturated rings. The number of aromatic nitrogens is 1. The van der Waals surface area contributed by atoms with E-state index >= 15 is 0 Å². The number of nitrogens with one attached hydrogen (secondary N) is 2. The summed E-state index contributed by atoms with van der Waals surface area (Å²) in [5, 5.41) is 14.2. The Bertz CT molecular complexity index is 1390. The molecule has 2 unspecified atom stereocenters. The summed E-state index contributed by atoms with van der Waals surface area (Å²) in [6.45, 7) is 1.02. The number of piperidine rings is 1. The lowest BCUT2D eigenvalue weighted by Crippen LogP contribution is -2.43. The third kappa shape index (κ3) is 5.34. The van der Waals surface area contributed by atoms with Crippen molar-refractivity contribution < 1.29 is 23.1 Å². The summed E-state index contributed by atoms with van der Waals surface area (Å²) >= 11 is 0. The summed E-state index contributed by atoms with van der Waals surface area (Å²) in [6.07, 6.45) is 4.75. The van der Waals surface area contributed by atoms with E-state index in [9.17, 15) is 18.0 Å². The maximum atomic E-state index is 12.8. The second-order valence-corrected chi connectivity index (χ2v) is 11.3. The van der Waals surface area contributed by atoms with Gasteiger partial charge < -0.3 is 15.3 Å². The molecule has 5 rings (SSSR count). The molecule has 1 aliphatic heterocycles. The molecule has 2 aromatic carbocycles. The van der Waals surface area contributed by atoms with Crippen molar-refractivity contribution in [1.82, 2.24) is 14.6 Å². The van der Waals surface area contributed by atoms with Gasteiger partial charge in [0.15, 0.2) is 0 Å². The van der Waals surface area contributed by atoms with Gasteiger partial charge in [-0.25, -0.2) is 17.9 Å². The molecule has 1 aliphatic carbocycles. The molecular weight excluding hydrogens is 480 g/mol. The first-order valence-corrected chi connectivity index (χ1v) is 13.5. The molecule has 1 saturated heterocycles. The average molecular weight is 509 g/mol. The highest BCUT2D eigenvalue weighted by Crippen LogP contribution is 2.48. The van der Waals surface area contributed by atoms with Crippen molar-refractivity contribution in [3.63, 3.8) is 0 Å². The third-order valence-corrected chi connectivity index (χ3v) is 8.44. The van der Waals surface area contributed by atoms with Crippen LogP contribution >= 0.6 is 0 Å². The van der Waals surface area contributed by atoms with Crippen LogP contribution in [0.15, 0.2) is 65.8 Å². The number of likely N-dealkylation sites (tertiary alicyclic amines) is 1. The summed E-state index contributed by atoms with van der Waals surface area (Å²) in [5.41, 5.74) is 1.67. The Balaban J connectivity index is 1.16. The largest absolute Gasteiger partial charge is 0.465 e. The van der Waals surface area contributed by atoms with Crippen molar-refractivity contribution in [2.24, 2.45) is 11.8 Å². The number of amides is 2. The van der Waals surface area contributed by atoms with Gasteiger partial charge in [0.1, 0.15) is 0 Å². The lowest BCUT2D eigenvalue weighted by molar-refractivity contribution is -0.117. The van der Waals surface area contributed by atoms with Gasteiger partial charge in [-0.1, -0.05) is 18.2 Å². The molecule has 188 valence electrons. The number of anilines is 1. The SMILES string of the molecule is O=C(Nc1ccc2cnccc2c1)C1CC1c1ccc(S(=O)(=O)NC[C@H]2CCCN(C(=O)O)C2)cc1. The van der Waals surface area contributed by atoms with Gasteiger partial charge in [0.05, 0.1) is 4.90 Å². The highest BCUT2D eigenvalue weighted by molar-refractivity contribution is 7.89. The Labute approximate surface area is 209 Å². The normalized spacial score (nSPS) is 21.8. The van der Waals surface area contributed by atoms with E-state index in [1.54, 1.807) is 36.7 Å². The topological polar surface area (TPSA) is 129 Å². The molecule has 0 bridgehead atoms. The van der Waals surface area contributed by atoms with Crippen LogP contribution in [0.25, 0.3) is 10.8 Å². The van der Waals surface area contributed by atoms with E-state index in [0.29, 0.717) is 13.1 Å². The monoisotopic (exact) mass is 508 g/mol. The van der Waals surface area contributed by atoms with E-state index < -0.39 is 16.1 Å². The van der Waals surface area contributed by atoms with Gasteiger partial charge in [-0.3, -0.25) is 9.78 Å². The smallest absolute Gasteiger partial charge is 0.407 e. The molecule has 2 amide bonds. The molecule has 3 aromatic rings. The van der Waals surface area contributed by atoms with Gasteiger partial charge in [-0.05, 0) is 72.4 Å². The highest BCUT2D eigenvalue weighted by atomic mass is 32.2. The molecule has 0 spiro atoms. The van der Waals surface area contributed by atoms with Crippen LogP contribution in [0, 0.1) is 11.8 Å². The number of pyridine rings is 1. The van der Waals surface area contributed by atoms with E-state index in [1.807, 2.05) is 24.3 Å². The van der Waals surface area contributed by atoms with Crippen molar-refractivity contribution in [3.05, 3.63) is 66.5 Å². The summed E-state index contributed by atoms with van der Waals surface area (Å²) in [5.74, 6) is -0.186. The minimum Gasteiger partial charge on any atom is -0.465 e. The summed E-state index contributed by atoms with van der Waals surface area (Å²) in [4.78, 5) is 29.5. The van der Waals surface area contributed by atoms with Crippen LogP contribution in [0.4, 0.5) is 10.5 Å². The molecule has 1 aromatic heterocycles. The van der Waals surface area contributed by atoms with Crippen LogP contribution in [0.5, 0.6) is 0 Å². The third-order valence-electron chi connectivity index (χ3n) is 7.01. The maximum absolute atomic E-state index is 12.8. The molecule has 3 N–H and O–H groups in total. The van der Waals surface area contributed by atoms with E-state index in [0.717, 1.165) is 41.3 Å². The molecule has 9 nitrogen and oxygen atoms in total. The van der Waals surface area contributed by atoms with E-state index in [4.69, 9.17) is 5.11 Å². The fourth-order valence-electron chi connectivity index (χ4n) is 4.86. The number of benzene rings is 2. The zero-order valence-corrected chi connectivity index (χ0v) is 20.4. The van der Waals surface area contributed by atoms with Gasteiger partial charge >= 0.3 is 6.09 Å². The van der Waals surface area contributed by atoms with Crippen LogP contribution < -0.4 is 10.0 Å². The predicted molar refractivity (Wildman–Crippen MR) is 135 cm³/mol. The molecule has 10 heteroatoms. The van der Waals surface area contributed by atoms with E-state index in [2.05, 4.69) is 15.0 Å². The number of carbonyl (C=O) groups is 2. The molecule has 0 radical (unpaired) electrons. The molecule has 2 heterocycles. The first-order chi connectivity index (χ1) is 17.3. The molecule has 1 saturated carbocycles. The van der Waals surface area contributed by atoms with Crippen LogP contribution in [0.2, 0.25) is 0 Å². The van der Waals surface area contributed by atoms with Gasteiger partial charge in [0.25, 0.3) is 0 Å². The Morgan fingerprint density at radius 1 is 1.08 bits per heavy atom. The number of fused-ring (bicyclic) bond motifs is 1. The number of nitrogens with zero attached hydrogens (tertiary/aromatic N) is 2. The Hall–Kier alpha value is -3.50. The molecule has 3 atom stereocenters. The fourth-order valence-corrected chi connectivity index (χ4v) is 5.98. The van der Waals surface area contributed by atoms with Gasteiger partial charge in [-0.2, -0.15) is 0 Å². The molecule has 2 aliphatic rings. The van der Waals surface area contributed by atoms with Crippen molar-refractivity contribution in [3.8, 4) is 0 Å². The van der Waals surface area contributed by atoms with Crippen LogP contribution in [-0.2, 0) is 14.8 Å². The number of sulfonamides is 1. The van der Waals surface area contributed by atoms with Crippen LogP contribution in [-0.4, -0.2) is 55.0 Å². The Morgan fingerprint density at radius 3 is 2.67 bits per heavy atom. The quantitative estimate of drug-likeness (QED) is 0.447. The first kappa shape index (κ1) is 24.2. The zero-order chi connectivity index (χ0) is 25.3. The van der Waals surface area contributed by atoms with E-state index in [1.165, 1.54) is 4.90 Å². The first-order valence-electron chi connectivity index (χ1n) is 12.0. The second-order valence-electron chi connectivity index (χ2n) is 9.53. The Kier molecular flexibility index (Phi) is 6.63. The average Bonchev–Trinajstić information content (AvgIpc) is 3.69. The lowest BCUT2D eigenvalue weighted by atomic mass is 9.99. The van der Waals surface area contributed by atoms with Crippen LogP contribution in [0.3, 0.4) is 0 Å². The van der Waals surface area contributed by atoms with Gasteiger partial charge in [-0.15, -0.1) is 0 Å².